The fourth-order valence-corrected chi connectivity index (χ4v) is 5.49. The molecule has 7 nitrogen and oxygen atoms in total. The molecule has 2 N–H and O–H groups in total. The molecule has 2 aliphatic rings. The van der Waals surface area contributed by atoms with Crippen molar-refractivity contribution in [3.05, 3.63) is 71.7 Å². The molecule has 4 heterocycles. The molecule has 0 spiro atoms. The first-order valence-corrected chi connectivity index (χ1v) is 12.7. The summed E-state index contributed by atoms with van der Waals surface area (Å²) in [5.41, 5.74) is 5.06. The summed E-state index contributed by atoms with van der Waals surface area (Å²) >= 11 is 0. The minimum Gasteiger partial charge on any atom is -0.396 e. The Kier molecular flexibility index (Phi) is 7.11. The van der Waals surface area contributed by atoms with Crippen LogP contribution in [0.15, 0.2) is 54.9 Å². The average molecular weight is 461 g/mol. The second kappa shape index (κ2) is 10.6. The number of anilines is 2. The van der Waals surface area contributed by atoms with Crippen LogP contribution in [0.4, 0.5) is 11.5 Å². The van der Waals surface area contributed by atoms with Crippen molar-refractivity contribution in [3.63, 3.8) is 0 Å². The van der Waals surface area contributed by atoms with Gasteiger partial charge >= 0.3 is 0 Å². The Morgan fingerprint density at radius 3 is 2.44 bits per heavy atom. The Balaban J connectivity index is 1.33. The van der Waals surface area contributed by atoms with Gasteiger partial charge in [0.15, 0.2) is 5.82 Å². The van der Waals surface area contributed by atoms with Crippen LogP contribution in [0.3, 0.4) is 0 Å². The van der Waals surface area contributed by atoms with Crippen molar-refractivity contribution < 1.29 is 5.11 Å². The van der Waals surface area contributed by atoms with Gasteiger partial charge in [0.25, 0.3) is 0 Å². The quantitative estimate of drug-likeness (QED) is 0.563. The predicted molar refractivity (Wildman–Crippen MR) is 136 cm³/mol. The summed E-state index contributed by atoms with van der Waals surface area (Å²) in [7, 11) is 0. The van der Waals surface area contributed by atoms with Gasteiger partial charge in [0, 0.05) is 63.3 Å². The molecule has 3 aromatic rings. The van der Waals surface area contributed by atoms with Crippen molar-refractivity contribution >= 4 is 11.5 Å². The number of hydrogen-bond donors (Lipinski definition) is 2. The third kappa shape index (κ3) is 4.68. The second-order valence-electron chi connectivity index (χ2n) is 9.45. The van der Waals surface area contributed by atoms with Gasteiger partial charge in [0.05, 0.1) is 17.9 Å². The standard InChI is InChI=1S/C27H36N6O/c1-2-24-23(19-29-30-24)26(22-7-4-3-5-8-22)32-17-15-31(16-18-32)25-9-6-12-28-27(25)33-13-10-21(20-34)11-14-33/h3-9,12,19,21,26,34H,2,10-11,13-18,20H2,1H3,(H,29,30). The molecule has 0 amide bonds. The zero-order valence-electron chi connectivity index (χ0n) is 20.1. The van der Waals surface area contributed by atoms with Crippen LogP contribution in [-0.4, -0.2) is 71.1 Å². The summed E-state index contributed by atoms with van der Waals surface area (Å²) in [6.45, 7) is 8.30. The van der Waals surface area contributed by atoms with Crippen molar-refractivity contribution in [2.45, 2.75) is 32.2 Å². The highest BCUT2D eigenvalue weighted by molar-refractivity contribution is 5.67. The number of hydrogen-bond acceptors (Lipinski definition) is 6. The molecule has 2 fully saturated rings. The molecule has 1 unspecified atom stereocenters. The van der Waals surface area contributed by atoms with Gasteiger partial charge in [0.1, 0.15) is 0 Å². The molecule has 2 saturated heterocycles. The number of aromatic amines is 1. The average Bonchev–Trinajstić information content (AvgIpc) is 3.38. The van der Waals surface area contributed by atoms with Crippen LogP contribution in [0.2, 0.25) is 0 Å². The van der Waals surface area contributed by atoms with E-state index >= 15 is 0 Å². The van der Waals surface area contributed by atoms with Crippen LogP contribution in [-0.2, 0) is 6.42 Å². The molecule has 34 heavy (non-hydrogen) atoms. The maximum Gasteiger partial charge on any atom is 0.152 e. The van der Waals surface area contributed by atoms with E-state index in [9.17, 15) is 5.11 Å². The highest BCUT2D eigenvalue weighted by atomic mass is 16.3. The van der Waals surface area contributed by atoms with Gasteiger partial charge in [-0.1, -0.05) is 37.3 Å². The van der Waals surface area contributed by atoms with Crippen molar-refractivity contribution in [1.82, 2.24) is 20.1 Å². The summed E-state index contributed by atoms with van der Waals surface area (Å²) in [6.07, 6.45) is 6.93. The zero-order chi connectivity index (χ0) is 23.3. The number of aryl methyl sites for hydroxylation is 1. The van der Waals surface area contributed by atoms with E-state index in [4.69, 9.17) is 4.98 Å². The summed E-state index contributed by atoms with van der Waals surface area (Å²) in [5.74, 6) is 1.52. The Morgan fingerprint density at radius 2 is 1.74 bits per heavy atom. The molecule has 1 aromatic carbocycles. The highest BCUT2D eigenvalue weighted by Crippen LogP contribution is 2.34. The molecule has 0 aliphatic carbocycles. The SMILES string of the molecule is CCc1[nH]ncc1C(c1ccccc1)N1CCN(c2cccnc2N2CCC(CO)CC2)CC1. The van der Waals surface area contributed by atoms with E-state index in [2.05, 4.69) is 74.3 Å². The van der Waals surface area contributed by atoms with Crippen molar-refractivity contribution in [3.8, 4) is 0 Å². The van der Waals surface area contributed by atoms with Crippen molar-refractivity contribution in [2.75, 3.05) is 55.7 Å². The molecule has 5 rings (SSSR count). The Bertz CT molecular complexity index is 1040. The number of benzene rings is 1. The number of piperidine rings is 1. The van der Waals surface area contributed by atoms with Crippen molar-refractivity contribution in [1.29, 1.82) is 0 Å². The molecule has 180 valence electrons. The van der Waals surface area contributed by atoms with Gasteiger partial charge in [0.2, 0.25) is 0 Å². The van der Waals surface area contributed by atoms with Gasteiger partial charge in [-0.2, -0.15) is 5.10 Å². The van der Waals surface area contributed by atoms with E-state index in [1.807, 2.05) is 12.4 Å². The van der Waals surface area contributed by atoms with Crippen LogP contribution in [0, 0.1) is 5.92 Å². The van der Waals surface area contributed by atoms with Crippen molar-refractivity contribution in [2.24, 2.45) is 5.92 Å². The van der Waals surface area contributed by atoms with Crippen LogP contribution in [0.25, 0.3) is 0 Å². The first kappa shape index (κ1) is 22.9. The number of aliphatic hydroxyl groups is 1. The van der Waals surface area contributed by atoms with E-state index in [1.165, 1.54) is 22.5 Å². The van der Waals surface area contributed by atoms with Gasteiger partial charge in [-0.3, -0.25) is 10.00 Å². The number of rotatable bonds is 7. The zero-order valence-corrected chi connectivity index (χ0v) is 20.1. The number of aliphatic hydroxyl groups excluding tert-OH is 1. The molecule has 1 atom stereocenters. The number of nitrogens with one attached hydrogen (secondary N) is 1. The number of H-pyrrole nitrogens is 1. The Morgan fingerprint density at radius 1 is 0.971 bits per heavy atom. The van der Waals surface area contributed by atoms with Gasteiger partial charge in [-0.15, -0.1) is 0 Å². The van der Waals surface area contributed by atoms with E-state index in [0.717, 1.165) is 64.3 Å². The summed E-state index contributed by atoms with van der Waals surface area (Å²) in [5, 5.41) is 17.1. The maximum absolute atomic E-state index is 9.51. The molecule has 0 radical (unpaired) electrons. The molecule has 0 saturated carbocycles. The number of pyridine rings is 1. The van der Waals surface area contributed by atoms with E-state index in [0.29, 0.717) is 12.5 Å². The lowest BCUT2D eigenvalue weighted by Crippen LogP contribution is -2.48. The lowest BCUT2D eigenvalue weighted by atomic mass is 9.96. The molecule has 2 aromatic heterocycles. The first-order valence-electron chi connectivity index (χ1n) is 12.7. The Labute approximate surface area is 202 Å². The third-order valence-corrected chi connectivity index (χ3v) is 7.47. The predicted octanol–water partition coefficient (Wildman–Crippen LogP) is 3.49. The van der Waals surface area contributed by atoms with E-state index in [-0.39, 0.29) is 6.04 Å². The number of nitrogens with zero attached hydrogens (tertiary/aromatic N) is 5. The van der Waals surface area contributed by atoms with E-state index in [1.54, 1.807) is 0 Å². The van der Waals surface area contributed by atoms with Gasteiger partial charge in [-0.25, -0.2) is 4.98 Å². The largest absolute Gasteiger partial charge is 0.396 e. The first-order chi connectivity index (χ1) is 16.8. The molecule has 0 bridgehead atoms. The molecule has 7 heteroatoms. The summed E-state index contributed by atoms with van der Waals surface area (Å²) in [6, 6.07) is 15.3. The van der Waals surface area contributed by atoms with Crippen LogP contribution >= 0.6 is 0 Å². The minimum absolute atomic E-state index is 0.211. The Hall–Kier alpha value is -2.90. The fraction of sp³-hybridized carbons (Fsp3) is 0.481. The van der Waals surface area contributed by atoms with Gasteiger partial charge < -0.3 is 14.9 Å². The minimum atomic E-state index is 0.211. The molecular formula is C27H36N6O. The number of piperazine rings is 1. The molecular weight excluding hydrogens is 424 g/mol. The highest BCUT2D eigenvalue weighted by Gasteiger charge is 2.30. The van der Waals surface area contributed by atoms with Crippen LogP contribution < -0.4 is 9.80 Å². The normalized spacial score (nSPS) is 18.9. The maximum atomic E-state index is 9.51. The molecule has 2 aliphatic heterocycles. The van der Waals surface area contributed by atoms with Crippen LogP contribution in [0.5, 0.6) is 0 Å². The lowest BCUT2D eigenvalue weighted by Gasteiger charge is -2.42. The number of aromatic nitrogens is 3. The summed E-state index contributed by atoms with van der Waals surface area (Å²) < 4.78 is 0. The van der Waals surface area contributed by atoms with E-state index < -0.39 is 0 Å². The monoisotopic (exact) mass is 460 g/mol. The summed E-state index contributed by atoms with van der Waals surface area (Å²) in [4.78, 5) is 12.3. The van der Waals surface area contributed by atoms with Gasteiger partial charge in [-0.05, 0) is 42.9 Å². The second-order valence-corrected chi connectivity index (χ2v) is 9.45. The lowest BCUT2D eigenvalue weighted by molar-refractivity contribution is 0.202. The fourth-order valence-electron chi connectivity index (χ4n) is 5.49. The third-order valence-electron chi connectivity index (χ3n) is 7.47. The smallest absolute Gasteiger partial charge is 0.152 e. The topological polar surface area (TPSA) is 71.5 Å². The van der Waals surface area contributed by atoms with Crippen LogP contribution in [0.1, 0.15) is 42.6 Å².